The van der Waals surface area contributed by atoms with E-state index < -0.39 is 23.7 Å². The van der Waals surface area contributed by atoms with Crippen molar-refractivity contribution in [1.82, 2.24) is 14.4 Å². The van der Waals surface area contributed by atoms with Crippen molar-refractivity contribution < 1.29 is 51.7 Å². The maximum Gasteiger partial charge on any atom is 1.00 e. The smallest absolute Gasteiger partial charge is 0.449 e. The molecule has 3 aromatic heterocycles. The van der Waals surface area contributed by atoms with Gasteiger partial charge < -0.3 is 9.47 Å². The summed E-state index contributed by atoms with van der Waals surface area (Å²) in [5.74, 6) is 3.50. The van der Waals surface area contributed by atoms with Gasteiger partial charge in [-0.3, -0.25) is 9.38 Å². The molecular weight excluding hydrogens is 1010 g/mol. The zero-order chi connectivity index (χ0) is 48.3. The first-order valence-corrected chi connectivity index (χ1v) is 26.6. The minimum Gasteiger partial charge on any atom is -0.449 e. The molecule has 10 rings (SSSR count). The van der Waals surface area contributed by atoms with Crippen LogP contribution in [0.4, 0.5) is 25.2 Å². The van der Waals surface area contributed by atoms with Gasteiger partial charge in [-0.2, -0.15) is 0 Å². The molecule has 7 aromatic carbocycles. The van der Waals surface area contributed by atoms with E-state index in [1.807, 2.05) is 60.8 Å². The molecule has 0 bridgehead atoms. The first-order valence-electron chi connectivity index (χ1n) is 21.6. The number of pyridine rings is 2. The fourth-order valence-corrected chi connectivity index (χ4v) is 13.1. The number of methoxy groups -OCH3 is 1. The van der Waals surface area contributed by atoms with E-state index in [-0.39, 0.29) is 17.1 Å². The molecule has 0 aliphatic carbocycles. The minimum absolute atomic E-state index is 0. The Morgan fingerprint density at radius 3 is 1.26 bits per heavy atom. The number of aromatic nitrogens is 3. The van der Waals surface area contributed by atoms with Crippen LogP contribution in [0.3, 0.4) is 0 Å². The third-order valence-electron chi connectivity index (χ3n) is 10.6. The van der Waals surface area contributed by atoms with E-state index >= 15 is 0 Å². The van der Waals surface area contributed by atoms with Crippen LogP contribution >= 0.6 is 23.7 Å². The molecule has 0 amide bonds. The average molecular weight is 1050 g/mol. The summed E-state index contributed by atoms with van der Waals surface area (Å²) >= 11 is 0. The van der Waals surface area contributed by atoms with E-state index in [1.54, 1.807) is 13.3 Å². The molecule has 15 heteroatoms. The van der Waals surface area contributed by atoms with Crippen LogP contribution in [0, 0.1) is 0 Å². The molecule has 10 aromatic rings. The summed E-state index contributed by atoms with van der Waals surface area (Å²) in [4.78, 5) is 9.30. The number of benzene rings is 7. The summed E-state index contributed by atoms with van der Waals surface area (Å²) in [6, 6.07) is 80.4. The normalized spacial score (nSPS) is 12.0. The summed E-state index contributed by atoms with van der Waals surface area (Å²) in [6.07, 6.45) is 3.79. The molecule has 0 saturated carbocycles. The van der Waals surface area contributed by atoms with Gasteiger partial charge in [0.25, 0.3) is 0 Å². The van der Waals surface area contributed by atoms with Crippen molar-refractivity contribution in [3.05, 3.63) is 243 Å². The largest absolute Gasteiger partial charge is 1.00 e. The maximum absolute atomic E-state index is 10.7. The number of fused-ring (bicyclic) bond motifs is 1. The molecule has 0 fully saturated rings. The van der Waals surface area contributed by atoms with E-state index in [4.69, 9.17) is 14.5 Å². The summed E-state index contributed by atoms with van der Waals surface area (Å²) < 4.78 is 73.7. The van der Waals surface area contributed by atoms with Crippen LogP contribution < -0.4 is 41.3 Å². The second-order valence-corrected chi connectivity index (χ2v) is 22.2. The van der Waals surface area contributed by atoms with E-state index in [0.717, 1.165) is 45.5 Å². The number of imidazole rings is 1. The molecule has 0 unspecified atom stereocenters. The third kappa shape index (κ3) is 13.8. The molecule has 0 atom stereocenters. The van der Waals surface area contributed by atoms with Crippen LogP contribution in [-0.2, 0) is 17.1 Å². The van der Waals surface area contributed by atoms with Gasteiger partial charge in [0.1, 0.15) is 64.9 Å². The van der Waals surface area contributed by atoms with Crippen molar-refractivity contribution in [2.24, 2.45) is 0 Å². The number of halogens is 6. The number of hydrogen-bond acceptors (Lipinski definition) is 4. The molecule has 0 spiro atoms. The monoisotopic (exact) mass is 1050 g/mol. The summed E-state index contributed by atoms with van der Waals surface area (Å²) in [7, 11) is -11.5. The Balaban J connectivity index is 0.000000196. The van der Waals surface area contributed by atoms with Crippen molar-refractivity contribution in [2.45, 2.75) is 0 Å². The van der Waals surface area contributed by atoms with Crippen molar-refractivity contribution in [2.75, 3.05) is 7.11 Å². The number of nitrogens with zero attached hydrogens (tertiary/aromatic N) is 3. The van der Waals surface area contributed by atoms with Crippen LogP contribution in [0.15, 0.2) is 243 Å². The summed E-state index contributed by atoms with van der Waals surface area (Å²) in [5.41, 5.74) is 3.70. The van der Waals surface area contributed by atoms with Crippen molar-refractivity contribution in [1.29, 1.82) is 0 Å². The Hall–Kier alpha value is -6.63. The SMILES string of the molecule is COc1ccccc1-c1nc(-c2ccccn2)c2ccccn12.F[P-](F)(F)(F)(F)F.[Cu+].c1ccc([PH+](c2ccccc2)c2ccccc2Oc2ccccc2[PH+](c2ccccc2)c2ccccc2)cc1. The molecule has 5 nitrogen and oxygen atoms in total. The summed E-state index contributed by atoms with van der Waals surface area (Å²) in [5, 5.41) is 7.88. The molecule has 0 saturated heterocycles. The fourth-order valence-electron chi connectivity index (χ4n) is 7.77. The van der Waals surface area contributed by atoms with Gasteiger partial charge in [0.2, 0.25) is 0 Å². The van der Waals surface area contributed by atoms with Crippen LogP contribution in [-0.4, -0.2) is 21.5 Å². The van der Waals surface area contributed by atoms with Crippen molar-refractivity contribution in [3.63, 3.8) is 0 Å². The topological polar surface area (TPSA) is 48.7 Å². The molecule has 358 valence electrons. The second-order valence-electron chi connectivity index (χ2n) is 15.4. The van der Waals surface area contributed by atoms with Gasteiger partial charge in [-0.15, -0.1) is 0 Å². The minimum atomic E-state index is -10.7. The number of para-hydroxylation sites is 3. The number of rotatable bonds is 11. The van der Waals surface area contributed by atoms with Crippen molar-refractivity contribution >= 4 is 61.0 Å². The van der Waals surface area contributed by atoms with E-state index in [2.05, 4.69) is 185 Å². The Kier molecular flexibility index (Phi) is 16.1. The Morgan fingerprint density at radius 2 is 0.829 bits per heavy atom. The van der Waals surface area contributed by atoms with Crippen LogP contribution in [0.1, 0.15) is 0 Å². The predicted octanol–water partition coefficient (Wildman–Crippen LogP) is 13.9. The van der Waals surface area contributed by atoms with Gasteiger partial charge in [-0.05, 0) is 109 Å². The zero-order valence-corrected chi connectivity index (χ0v) is 41.1. The average Bonchev–Trinajstić information content (AvgIpc) is 3.76. The van der Waals surface area contributed by atoms with Crippen LogP contribution in [0.2, 0.25) is 0 Å². The zero-order valence-electron chi connectivity index (χ0n) is 37.3. The molecule has 0 N–H and O–H groups in total. The van der Waals surface area contributed by atoms with Crippen LogP contribution in [0.25, 0.3) is 28.3 Å². The van der Waals surface area contributed by atoms with Crippen molar-refractivity contribution in [3.8, 4) is 40.0 Å². The maximum atomic E-state index is 9.87. The molecular formula is C55H45CuF6N3O2P3+2. The molecule has 70 heavy (non-hydrogen) atoms. The van der Waals surface area contributed by atoms with Gasteiger partial charge in [-0.25, -0.2) is 4.98 Å². The molecule has 0 aliphatic heterocycles. The summed E-state index contributed by atoms with van der Waals surface area (Å²) in [6.45, 7) is 0. The number of hydrogen-bond donors (Lipinski definition) is 0. The first kappa shape index (κ1) is 51.2. The van der Waals surface area contributed by atoms with E-state index in [0.29, 0.717) is 0 Å². The Labute approximate surface area is 415 Å². The van der Waals surface area contributed by atoms with Crippen LogP contribution in [0.5, 0.6) is 17.2 Å². The first-order chi connectivity index (χ1) is 33.2. The second kappa shape index (κ2) is 22.0. The third-order valence-corrected chi connectivity index (χ3v) is 16.1. The predicted molar refractivity (Wildman–Crippen MR) is 277 cm³/mol. The Bertz CT molecular complexity index is 3040. The number of ether oxygens (including phenoxy) is 2. The van der Waals surface area contributed by atoms with E-state index in [9.17, 15) is 25.2 Å². The molecule has 0 radical (unpaired) electrons. The van der Waals surface area contributed by atoms with Gasteiger partial charge in [0.05, 0.1) is 23.9 Å². The van der Waals surface area contributed by atoms with Gasteiger partial charge in [-0.1, -0.05) is 121 Å². The van der Waals surface area contributed by atoms with Gasteiger partial charge >= 0.3 is 50.1 Å². The van der Waals surface area contributed by atoms with Gasteiger partial charge in [0.15, 0.2) is 11.5 Å². The fraction of sp³-hybridized carbons (Fsp3) is 0.0182. The van der Waals surface area contributed by atoms with E-state index in [1.165, 1.54) is 31.8 Å². The van der Waals surface area contributed by atoms with Gasteiger partial charge in [0, 0.05) is 12.4 Å². The Morgan fingerprint density at radius 1 is 0.443 bits per heavy atom. The quantitative estimate of drug-likeness (QED) is 0.0736. The molecule has 3 heterocycles. The molecule has 0 aliphatic rings. The standard InChI is InChI=1S/C36H28OP2.C19H15N3O.Cu.F6P/c1-5-17-29(18-6-1)38(30-19-7-2-8-20-30)35-27-15-13-25-33(35)37-34-26-14-16-28-36(34)39(31-21-9-3-10-22-31)32-23-11-4-12-24-32;1-23-17-11-3-2-8-14(17)19-21-18(15-9-4-6-12-20-15)16-10-5-7-13-22(16)19;;1-7(2,3,4,5)6/h1-28H;2-13H,1H3;;/q;;+1;-1/p+2.